The summed E-state index contributed by atoms with van der Waals surface area (Å²) in [7, 11) is 0. The fourth-order valence-corrected chi connectivity index (χ4v) is 4.29. The smallest absolute Gasteiger partial charge is 0.231 e. The van der Waals surface area contributed by atoms with Crippen LogP contribution in [-0.4, -0.2) is 27.5 Å². The van der Waals surface area contributed by atoms with E-state index in [1.807, 2.05) is 35.7 Å². The first kappa shape index (κ1) is 19.5. The van der Waals surface area contributed by atoms with Gasteiger partial charge in [-0.3, -0.25) is 9.78 Å². The van der Waals surface area contributed by atoms with Crippen molar-refractivity contribution in [1.29, 1.82) is 0 Å². The Labute approximate surface area is 174 Å². The highest BCUT2D eigenvalue weighted by molar-refractivity contribution is 7.13. The van der Waals surface area contributed by atoms with Crippen molar-refractivity contribution >= 4 is 23.1 Å². The van der Waals surface area contributed by atoms with Gasteiger partial charge in [0.25, 0.3) is 0 Å². The van der Waals surface area contributed by atoms with E-state index in [4.69, 9.17) is 4.74 Å². The third kappa shape index (κ3) is 5.38. The van der Waals surface area contributed by atoms with Crippen molar-refractivity contribution in [3.8, 4) is 16.5 Å². The van der Waals surface area contributed by atoms with Crippen LogP contribution in [0.4, 0.5) is 5.82 Å². The largest absolute Gasteiger partial charge is 0.489 e. The summed E-state index contributed by atoms with van der Waals surface area (Å²) in [5.74, 6) is 1.52. The number of ether oxygens (including phenoxy) is 1. The van der Waals surface area contributed by atoms with Crippen molar-refractivity contribution in [3.63, 3.8) is 0 Å². The van der Waals surface area contributed by atoms with Crippen LogP contribution in [0.25, 0.3) is 10.7 Å². The summed E-state index contributed by atoms with van der Waals surface area (Å²) in [4.78, 5) is 25.6. The van der Waals surface area contributed by atoms with Crippen molar-refractivity contribution in [1.82, 2.24) is 15.0 Å². The van der Waals surface area contributed by atoms with Crippen molar-refractivity contribution in [2.24, 2.45) is 5.92 Å². The molecule has 6 nitrogen and oxygen atoms in total. The Morgan fingerprint density at radius 1 is 1.10 bits per heavy atom. The molecular formula is C22H24N4O2S. The van der Waals surface area contributed by atoms with E-state index in [0.29, 0.717) is 29.8 Å². The molecule has 0 bridgehead atoms. The molecule has 0 aromatic carbocycles. The van der Waals surface area contributed by atoms with Crippen molar-refractivity contribution < 1.29 is 9.53 Å². The van der Waals surface area contributed by atoms with Crippen LogP contribution >= 0.6 is 11.3 Å². The normalized spacial score (nSPS) is 14.5. The second-order valence-electron chi connectivity index (χ2n) is 7.25. The molecule has 0 spiro atoms. The third-order valence-electron chi connectivity index (χ3n) is 5.01. The first-order valence-electron chi connectivity index (χ1n) is 10.0. The maximum Gasteiger partial charge on any atom is 0.231 e. The number of anilines is 1. The summed E-state index contributed by atoms with van der Waals surface area (Å²) in [5.41, 5.74) is 1.53. The highest BCUT2D eigenvalue weighted by Crippen LogP contribution is 2.27. The zero-order chi connectivity index (χ0) is 19.9. The number of nitrogens with one attached hydrogen (secondary N) is 1. The van der Waals surface area contributed by atoms with Crippen LogP contribution in [-0.2, 0) is 11.2 Å². The van der Waals surface area contributed by atoms with E-state index in [-0.39, 0.29) is 12.3 Å². The Bertz CT molecular complexity index is 939. The van der Waals surface area contributed by atoms with Crippen LogP contribution in [0.3, 0.4) is 0 Å². The molecule has 29 heavy (non-hydrogen) atoms. The Morgan fingerprint density at radius 3 is 2.79 bits per heavy atom. The predicted molar refractivity (Wildman–Crippen MR) is 114 cm³/mol. The van der Waals surface area contributed by atoms with Gasteiger partial charge in [-0.1, -0.05) is 25.3 Å². The van der Waals surface area contributed by atoms with Crippen LogP contribution in [0.1, 0.15) is 37.8 Å². The van der Waals surface area contributed by atoms with Crippen LogP contribution < -0.4 is 10.1 Å². The Kier molecular flexibility index (Phi) is 6.46. The number of hydrogen-bond donors (Lipinski definition) is 1. The van der Waals surface area contributed by atoms with E-state index >= 15 is 0 Å². The molecule has 0 aliphatic heterocycles. The van der Waals surface area contributed by atoms with E-state index in [2.05, 4.69) is 20.3 Å². The first-order valence-corrected chi connectivity index (χ1v) is 10.9. The molecular weight excluding hydrogens is 384 g/mol. The molecule has 1 aliphatic rings. The van der Waals surface area contributed by atoms with Gasteiger partial charge in [0.05, 0.1) is 24.4 Å². The number of nitrogens with zero attached hydrogens (tertiary/aromatic N) is 3. The highest BCUT2D eigenvalue weighted by Gasteiger charge is 2.16. The van der Waals surface area contributed by atoms with Crippen molar-refractivity contribution in [3.05, 3.63) is 53.8 Å². The number of pyridine rings is 2. The molecule has 0 atom stereocenters. The summed E-state index contributed by atoms with van der Waals surface area (Å²) in [6, 6.07) is 9.38. The minimum Gasteiger partial charge on any atom is -0.489 e. The summed E-state index contributed by atoms with van der Waals surface area (Å²) in [5, 5.41) is 5.57. The molecule has 1 amide bonds. The lowest BCUT2D eigenvalue weighted by Crippen LogP contribution is -2.18. The highest BCUT2D eigenvalue weighted by atomic mass is 32.1. The summed E-state index contributed by atoms with van der Waals surface area (Å²) >= 11 is 1.48. The maximum absolute atomic E-state index is 12.5. The number of carbonyl (C=O) groups is 1. The average Bonchev–Trinajstić information content (AvgIpc) is 3.23. The standard InChI is InChI=1S/C22H24N4O2S/c27-20(13-17-15-29-22(25-17)18-9-4-5-11-23-18)26-21-19(10-6-12-24-21)28-14-16-7-2-1-3-8-16/h4-6,9-12,15-16H,1-3,7-8,13-14H2,(H,24,26,27). The molecule has 0 unspecified atom stereocenters. The monoisotopic (exact) mass is 408 g/mol. The van der Waals surface area contributed by atoms with Gasteiger partial charge >= 0.3 is 0 Å². The zero-order valence-electron chi connectivity index (χ0n) is 16.2. The summed E-state index contributed by atoms with van der Waals surface area (Å²) < 4.78 is 5.99. The molecule has 0 saturated heterocycles. The SMILES string of the molecule is O=C(Cc1csc(-c2ccccn2)n1)Nc1ncccc1OCC1CCCCC1. The van der Waals surface area contributed by atoms with Gasteiger partial charge in [-0.2, -0.15) is 0 Å². The van der Waals surface area contributed by atoms with E-state index in [1.165, 1.54) is 43.4 Å². The second kappa shape index (κ2) is 9.60. The van der Waals surface area contributed by atoms with Gasteiger partial charge in [0, 0.05) is 17.8 Å². The lowest BCUT2D eigenvalue weighted by Gasteiger charge is -2.22. The minimum absolute atomic E-state index is 0.163. The maximum atomic E-state index is 12.5. The third-order valence-corrected chi connectivity index (χ3v) is 5.92. The number of carbonyl (C=O) groups excluding carboxylic acids is 1. The molecule has 1 N–H and O–H groups in total. The Morgan fingerprint density at radius 2 is 1.97 bits per heavy atom. The quantitative estimate of drug-likeness (QED) is 0.611. The van der Waals surface area contributed by atoms with E-state index < -0.39 is 0 Å². The zero-order valence-corrected chi connectivity index (χ0v) is 17.0. The summed E-state index contributed by atoms with van der Waals surface area (Å²) in [6.45, 7) is 0.675. The van der Waals surface area contributed by atoms with Crippen LogP contribution in [0.5, 0.6) is 5.75 Å². The van der Waals surface area contributed by atoms with Crippen LogP contribution in [0.2, 0.25) is 0 Å². The fraction of sp³-hybridized carbons (Fsp3) is 0.364. The number of aromatic nitrogens is 3. The predicted octanol–water partition coefficient (Wildman–Crippen LogP) is 4.74. The minimum atomic E-state index is -0.163. The Hall–Kier alpha value is -2.80. The lowest BCUT2D eigenvalue weighted by atomic mass is 9.90. The molecule has 0 radical (unpaired) electrons. The molecule has 4 rings (SSSR count). The number of hydrogen-bond acceptors (Lipinski definition) is 6. The average molecular weight is 409 g/mol. The molecule has 1 aliphatic carbocycles. The lowest BCUT2D eigenvalue weighted by molar-refractivity contribution is -0.115. The van der Waals surface area contributed by atoms with Gasteiger partial charge in [-0.15, -0.1) is 11.3 Å². The van der Waals surface area contributed by atoms with Gasteiger partial charge in [-0.05, 0) is 43.0 Å². The van der Waals surface area contributed by atoms with Crippen molar-refractivity contribution in [2.45, 2.75) is 38.5 Å². The topological polar surface area (TPSA) is 77.0 Å². The fourth-order valence-electron chi connectivity index (χ4n) is 3.50. The summed E-state index contributed by atoms with van der Waals surface area (Å²) in [6.07, 6.45) is 9.88. The molecule has 1 fully saturated rings. The van der Waals surface area contributed by atoms with Gasteiger partial charge in [0.1, 0.15) is 5.01 Å². The molecule has 3 aromatic heterocycles. The molecule has 3 heterocycles. The van der Waals surface area contributed by atoms with Crippen LogP contribution in [0.15, 0.2) is 48.1 Å². The molecule has 150 valence electrons. The number of amides is 1. The molecule has 7 heteroatoms. The molecule has 3 aromatic rings. The van der Waals surface area contributed by atoms with Gasteiger partial charge in [0.2, 0.25) is 5.91 Å². The van der Waals surface area contributed by atoms with Gasteiger partial charge in [-0.25, -0.2) is 9.97 Å². The van der Waals surface area contributed by atoms with E-state index in [1.54, 1.807) is 12.4 Å². The number of rotatable bonds is 7. The molecule has 1 saturated carbocycles. The van der Waals surface area contributed by atoms with Crippen molar-refractivity contribution in [2.75, 3.05) is 11.9 Å². The Balaban J connectivity index is 1.35. The first-order chi connectivity index (χ1) is 14.3. The van der Waals surface area contributed by atoms with E-state index in [9.17, 15) is 4.79 Å². The van der Waals surface area contributed by atoms with E-state index in [0.717, 1.165) is 10.7 Å². The van der Waals surface area contributed by atoms with Gasteiger partial charge in [0.15, 0.2) is 11.6 Å². The van der Waals surface area contributed by atoms with Gasteiger partial charge < -0.3 is 10.1 Å². The second-order valence-corrected chi connectivity index (χ2v) is 8.11. The van der Waals surface area contributed by atoms with Crippen LogP contribution in [0, 0.1) is 5.92 Å². The number of thiazole rings is 1.